The van der Waals surface area contributed by atoms with Gasteiger partial charge in [0, 0.05) is 17.1 Å². The van der Waals surface area contributed by atoms with Gasteiger partial charge in [0.1, 0.15) is 6.54 Å². The van der Waals surface area contributed by atoms with Crippen LogP contribution >= 0.6 is 15.9 Å². The van der Waals surface area contributed by atoms with E-state index in [0.29, 0.717) is 5.69 Å². The van der Waals surface area contributed by atoms with Crippen molar-refractivity contribution in [3.8, 4) is 0 Å². The van der Waals surface area contributed by atoms with Crippen molar-refractivity contribution < 1.29 is 13.2 Å². The summed E-state index contributed by atoms with van der Waals surface area (Å²) >= 11 is 3.37. The van der Waals surface area contributed by atoms with Gasteiger partial charge in [-0.1, -0.05) is 22.0 Å². The molecule has 1 fully saturated rings. The maximum atomic E-state index is 12.6. The van der Waals surface area contributed by atoms with Crippen molar-refractivity contribution in [1.82, 2.24) is 0 Å². The maximum absolute atomic E-state index is 12.6. The van der Waals surface area contributed by atoms with Crippen LogP contribution in [0, 0.1) is 6.92 Å². The van der Waals surface area contributed by atoms with E-state index < -0.39 is 12.7 Å². The molecule has 0 aromatic heterocycles. The second-order valence-electron chi connectivity index (χ2n) is 4.72. The second-order valence-corrected chi connectivity index (χ2v) is 5.28. The number of rotatable bonds is 4. The molecule has 1 saturated carbocycles. The molecule has 100 valence electrons. The summed E-state index contributed by atoms with van der Waals surface area (Å²) in [5, 5.41) is 0.724. The van der Waals surface area contributed by atoms with E-state index in [1.165, 1.54) is 4.90 Å². The highest BCUT2D eigenvalue weighted by molar-refractivity contribution is 9.08. The minimum absolute atomic E-state index is 0.0563. The molecule has 1 aliphatic carbocycles. The van der Waals surface area contributed by atoms with Crippen LogP contribution in [0.1, 0.15) is 24.0 Å². The minimum atomic E-state index is -4.15. The Hall–Kier alpha value is -0.710. The Morgan fingerprint density at radius 1 is 1.33 bits per heavy atom. The molecule has 0 atom stereocenters. The highest BCUT2D eigenvalue weighted by Crippen LogP contribution is 2.35. The first-order valence-corrected chi connectivity index (χ1v) is 7.02. The Morgan fingerprint density at radius 2 is 2.00 bits per heavy atom. The van der Waals surface area contributed by atoms with Gasteiger partial charge in [-0.05, 0) is 43.0 Å². The lowest BCUT2D eigenvalue weighted by Gasteiger charge is -2.26. The first-order valence-electron chi connectivity index (χ1n) is 5.89. The molecule has 1 aromatic rings. The van der Waals surface area contributed by atoms with Crippen molar-refractivity contribution in [2.75, 3.05) is 11.4 Å². The molecular formula is C13H15BrF3N. The van der Waals surface area contributed by atoms with E-state index in [9.17, 15) is 13.2 Å². The maximum Gasteiger partial charge on any atom is 0.405 e. The normalized spacial score (nSPS) is 15.8. The third-order valence-electron chi connectivity index (χ3n) is 3.14. The number of nitrogens with zero attached hydrogens (tertiary/aromatic N) is 1. The highest BCUT2D eigenvalue weighted by Gasteiger charge is 2.38. The molecule has 2 rings (SSSR count). The van der Waals surface area contributed by atoms with Gasteiger partial charge in [0.15, 0.2) is 0 Å². The summed E-state index contributed by atoms with van der Waals surface area (Å²) in [6, 6.07) is 5.58. The summed E-state index contributed by atoms with van der Waals surface area (Å²) in [5.74, 6) is 0. The fourth-order valence-corrected chi connectivity index (χ4v) is 2.65. The molecule has 0 amide bonds. The Kier molecular flexibility index (Phi) is 3.90. The second kappa shape index (κ2) is 5.11. The molecule has 0 heterocycles. The van der Waals surface area contributed by atoms with Gasteiger partial charge in [0.25, 0.3) is 0 Å². The zero-order valence-electron chi connectivity index (χ0n) is 10.1. The van der Waals surface area contributed by atoms with Gasteiger partial charge in [-0.15, -0.1) is 0 Å². The predicted molar refractivity (Wildman–Crippen MR) is 70.2 cm³/mol. The van der Waals surface area contributed by atoms with E-state index in [2.05, 4.69) is 15.9 Å². The Morgan fingerprint density at radius 3 is 2.44 bits per heavy atom. The van der Waals surface area contributed by atoms with Gasteiger partial charge in [0.05, 0.1) is 0 Å². The third kappa shape index (κ3) is 3.40. The van der Waals surface area contributed by atoms with Crippen LogP contribution in [-0.2, 0) is 5.33 Å². The average molecular weight is 322 g/mol. The molecule has 5 heteroatoms. The largest absolute Gasteiger partial charge is 0.405 e. The van der Waals surface area contributed by atoms with Gasteiger partial charge in [-0.25, -0.2) is 0 Å². The molecule has 18 heavy (non-hydrogen) atoms. The van der Waals surface area contributed by atoms with Crippen molar-refractivity contribution in [2.45, 2.75) is 37.3 Å². The Bertz CT molecular complexity index is 427. The van der Waals surface area contributed by atoms with Crippen LogP contribution < -0.4 is 4.90 Å². The predicted octanol–water partition coefficient (Wildman–Crippen LogP) is 4.42. The van der Waals surface area contributed by atoms with E-state index in [1.807, 2.05) is 19.1 Å². The van der Waals surface area contributed by atoms with Gasteiger partial charge >= 0.3 is 6.18 Å². The molecule has 1 aliphatic rings. The molecule has 0 bridgehead atoms. The van der Waals surface area contributed by atoms with Crippen LogP contribution in [0.2, 0.25) is 0 Å². The van der Waals surface area contributed by atoms with Crippen LogP contribution in [0.4, 0.5) is 18.9 Å². The lowest BCUT2D eigenvalue weighted by atomic mass is 10.1. The van der Waals surface area contributed by atoms with Crippen molar-refractivity contribution in [3.05, 3.63) is 29.3 Å². The van der Waals surface area contributed by atoms with Crippen LogP contribution in [0.15, 0.2) is 18.2 Å². The molecule has 0 saturated heterocycles. The van der Waals surface area contributed by atoms with Gasteiger partial charge in [-0.2, -0.15) is 13.2 Å². The van der Waals surface area contributed by atoms with E-state index >= 15 is 0 Å². The van der Waals surface area contributed by atoms with Crippen molar-refractivity contribution in [2.24, 2.45) is 0 Å². The number of hydrogen-bond acceptors (Lipinski definition) is 1. The van der Waals surface area contributed by atoms with Gasteiger partial charge in [0.2, 0.25) is 0 Å². The molecule has 1 nitrogen and oxygen atoms in total. The van der Waals surface area contributed by atoms with Crippen LogP contribution in [0.25, 0.3) is 0 Å². The number of halogens is 4. The molecule has 0 unspecified atom stereocenters. The summed E-state index contributed by atoms with van der Waals surface area (Å²) in [6.45, 7) is 1.07. The first kappa shape index (κ1) is 13.7. The topological polar surface area (TPSA) is 3.24 Å². The van der Waals surface area contributed by atoms with Crippen molar-refractivity contribution in [1.29, 1.82) is 0 Å². The van der Waals surface area contributed by atoms with Crippen molar-refractivity contribution >= 4 is 21.6 Å². The standard InChI is InChI=1S/C13H15BrF3N/c1-9-6-12(3-2-10(9)7-14)18(11-4-5-11)8-13(15,16)17/h2-3,6,11H,4-5,7-8H2,1H3. The van der Waals surface area contributed by atoms with Crippen LogP contribution in [0.5, 0.6) is 0 Å². The number of alkyl halides is 4. The highest BCUT2D eigenvalue weighted by atomic mass is 79.9. The minimum Gasteiger partial charge on any atom is -0.360 e. The SMILES string of the molecule is Cc1cc(N(CC(F)(F)F)C2CC2)ccc1CBr. The summed E-state index contributed by atoms with van der Waals surface area (Å²) in [6.07, 6.45) is -2.44. The van der Waals surface area contributed by atoms with Crippen LogP contribution in [0.3, 0.4) is 0 Å². The summed E-state index contributed by atoms with van der Waals surface area (Å²) in [4.78, 5) is 1.48. The van der Waals surface area contributed by atoms with Crippen molar-refractivity contribution in [3.63, 3.8) is 0 Å². The summed E-state index contributed by atoms with van der Waals surface area (Å²) < 4.78 is 37.7. The fraction of sp³-hybridized carbons (Fsp3) is 0.538. The molecule has 0 N–H and O–H groups in total. The zero-order chi connectivity index (χ0) is 13.3. The summed E-state index contributed by atoms with van der Waals surface area (Å²) in [7, 11) is 0. The number of aryl methyl sites for hydroxylation is 1. The fourth-order valence-electron chi connectivity index (χ4n) is 2.02. The van der Waals surface area contributed by atoms with E-state index in [0.717, 1.165) is 29.3 Å². The third-order valence-corrected chi connectivity index (χ3v) is 3.74. The lowest BCUT2D eigenvalue weighted by molar-refractivity contribution is -0.120. The number of hydrogen-bond donors (Lipinski definition) is 0. The quantitative estimate of drug-likeness (QED) is 0.742. The summed E-state index contributed by atoms with van der Waals surface area (Å²) in [5.41, 5.74) is 2.82. The van der Waals surface area contributed by atoms with Crippen LogP contribution in [-0.4, -0.2) is 18.8 Å². The zero-order valence-corrected chi connectivity index (χ0v) is 11.7. The number of benzene rings is 1. The van der Waals surface area contributed by atoms with E-state index in [4.69, 9.17) is 0 Å². The van der Waals surface area contributed by atoms with Gasteiger partial charge in [-0.3, -0.25) is 0 Å². The molecular weight excluding hydrogens is 307 g/mol. The first-order chi connectivity index (χ1) is 8.40. The molecule has 0 radical (unpaired) electrons. The smallest absolute Gasteiger partial charge is 0.360 e. The monoisotopic (exact) mass is 321 g/mol. The number of anilines is 1. The Labute approximate surface area is 113 Å². The van der Waals surface area contributed by atoms with Gasteiger partial charge < -0.3 is 4.90 Å². The van der Waals surface area contributed by atoms with E-state index in [-0.39, 0.29) is 6.04 Å². The Balaban J connectivity index is 2.23. The molecule has 0 aliphatic heterocycles. The molecule has 0 spiro atoms. The van der Waals surface area contributed by atoms with E-state index in [1.54, 1.807) is 6.07 Å². The molecule has 1 aromatic carbocycles. The average Bonchev–Trinajstić information content (AvgIpc) is 3.08. The lowest BCUT2D eigenvalue weighted by Crippen LogP contribution is -2.36.